The van der Waals surface area contributed by atoms with Gasteiger partial charge in [-0.05, 0) is 43.3 Å². The Labute approximate surface area is 175 Å². The van der Waals surface area contributed by atoms with Gasteiger partial charge in [0.05, 0.1) is 5.92 Å². The number of aliphatic carboxylic acids is 1. The van der Waals surface area contributed by atoms with Gasteiger partial charge in [-0.25, -0.2) is 0 Å². The number of aryl methyl sites for hydroxylation is 1. The minimum Gasteiger partial charge on any atom is -0.481 e. The van der Waals surface area contributed by atoms with Crippen LogP contribution in [0.4, 0.5) is 11.4 Å². The van der Waals surface area contributed by atoms with E-state index >= 15 is 0 Å². The third kappa shape index (κ3) is 4.01. The summed E-state index contributed by atoms with van der Waals surface area (Å²) >= 11 is 0. The van der Waals surface area contributed by atoms with Gasteiger partial charge >= 0.3 is 5.97 Å². The lowest BCUT2D eigenvalue weighted by atomic mass is 10.1. The lowest BCUT2D eigenvalue weighted by molar-refractivity contribution is -0.141. The summed E-state index contributed by atoms with van der Waals surface area (Å²) in [6, 6.07) is 15.3. The number of carbonyl (C=O) groups excluding carboxylic acids is 2. The zero-order valence-electron chi connectivity index (χ0n) is 17.0. The van der Waals surface area contributed by atoms with Crippen LogP contribution < -0.4 is 9.80 Å². The van der Waals surface area contributed by atoms with Gasteiger partial charge in [0.25, 0.3) is 5.91 Å². The summed E-state index contributed by atoms with van der Waals surface area (Å²) in [5, 5.41) is 9.14. The fourth-order valence-electron chi connectivity index (χ4n) is 4.01. The molecular weight excluding hydrogens is 382 g/mol. The Morgan fingerprint density at radius 1 is 0.900 bits per heavy atom. The SMILES string of the molecule is Cc1ccc(C(=O)N2CCN(c3ccc(N4C[C@H](C(=O)O)CC4=O)cc3)CC2)cc1. The van der Waals surface area contributed by atoms with E-state index in [1.807, 2.05) is 60.4 Å². The Morgan fingerprint density at radius 2 is 1.50 bits per heavy atom. The minimum atomic E-state index is -0.930. The second-order valence-electron chi connectivity index (χ2n) is 7.91. The summed E-state index contributed by atoms with van der Waals surface area (Å²) < 4.78 is 0. The van der Waals surface area contributed by atoms with Crippen LogP contribution in [0.5, 0.6) is 0 Å². The molecule has 2 saturated heterocycles. The van der Waals surface area contributed by atoms with E-state index in [-0.39, 0.29) is 24.8 Å². The highest BCUT2D eigenvalue weighted by atomic mass is 16.4. The van der Waals surface area contributed by atoms with E-state index in [4.69, 9.17) is 5.11 Å². The molecule has 7 heteroatoms. The lowest BCUT2D eigenvalue weighted by Gasteiger charge is -2.36. The summed E-state index contributed by atoms with van der Waals surface area (Å²) in [6.07, 6.45) is 0.0497. The topological polar surface area (TPSA) is 81.2 Å². The molecule has 0 bridgehead atoms. The number of piperazine rings is 1. The monoisotopic (exact) mass is 407 g/mol. The molecule has 2 fully saturated rings. The molecule has 2 aliphatic rings. The molecule has 2 heterocycles. The Bertz CT molecular complexity index is 947. The molecule has 0 radical (unpaired) electrons. The van der Waals surface area contributed by atoms with E-state index < -0.39 is 11.9 Å². The molecule has 2 aliphatic heterocycles. The molecule has 4 rings (SSSR count). The number of carboxylic acids is 1. The van der Waals surface area contributed by atoms with Crippen molar-refractivity contribution in [1.29, 1.82) is 0 Å². The highest BCUT2D eigenvalue weighted by Crippen LogP contribution is 2.28. The number of carboxylic acid groups (broad SMARTS) is 1. The van der Waals surface area contributed by atoms with Crippen molar-refractivity contribution in [3.8, 4) is 0 Å². The Morgan fingerprint density at radius 3 is 2.07 bits per heavy atom. The van der Waals surface area contributed by atoms with Gasteiger partial charge in [-0.1, -0.05) is 17.7 Å². The molecule has 0 aliphatic carbocycles. The largest absolute Gasteiger partial charge is 0.481 e. The summed E-state index contributed by atoms with van der Waals surface area (Å²) in [5.41, 5.74) is 3.60. The first kappa shape index (κ1) is 19.9. The van der Waals surface area contributed by atoms with Gasteiger partial charge in [0.1, 0.15) is 0 Å². The van der Waals surface area contributed by atoms with Crippen LogP contribution in [0.3, 0.4) is 0 Å². The molecular formula is C23H25N3O4. The molecule has 2 aromatic carbocycles. The van der Waals surface area contributed by atoms with E-state index in [1.54, 1.807) is 4.90 Å². The van der Waals surface area contributed by atoms with Gasteiger partial charge < -0.3 is 19.8 Å². The number of hydrogen-bond donors (Lipinski definition) is 1. The predicted octanol–water partition coefficient (Wildman–Crippen LogP) is 2.39. The zero-order chi connectivity index (χ0) is 21.3. The summed E-state index contributed by atoms with van der Waals surface area (Å²) in [4.78, 5) is 41.6. The van der Waals surface area contributed by atoms with Gasteiger partial charge in [-0.2, -0.15) is 0 Å². The number of rotatable bonds is 4. The number of anilines is 2. The number of nitrogens with zero attached hydrogens (tertiary/aromatic N) is 3. The second kappa shape index (κ2) is 8.18. The van der Waals surface area contributed by atoms with Gasteiger partial charge in [-0.3, -0.25) is 14.4 Å². The molecule has 2 aromatic rings. The first-order valence-corrected chi connectivity index (χ1v) is 10.2. The molecule has 7 nitrogen and oxygen atoms in total. The van der Waals surface area contributed by atoms with Crippen molar-refractivity contribution >= 4 is 29.2 Å². The average Bonchev–Trinajstić information content (AvgIpc) is 3.16. The van der Waals surface area contributed by atoms with Crippen LogP contribution in [0.15, 0.2) is 48.5 Å². The first-order chi connectivity index (χ1) is 14.4. The number of amides is 2. The van der Waals surface area contributed by atoms with Crippen molar-refractivity contribution < 1.29 is 19.5 Å². The van der Waals surface area contributed by atoms with Crippen molar-refractivity contribution in [2.45, 2.75) is 13.3 Å². The van der Waals surface area contributed by atoms with Crippen LogP contribution >= 0.6 is 0 Å². The molecule has 0 aromatic heterocycles. The van der Waals surface area contributed by atoms with Crippen LogP contribution in [0.25, 0.3) is 0 Å². The van der Waals surface area contributed by atoms with Crippen molar-refractivity contribution in [3.63, 3.8) is 0 Å². The smallest absolute Gasteiger partial charge is 0.308 e. The van der Waals surface area contributed by atoms with Gasteiger partial charge in [0.15, 0.2) is 0 Å². The summed E-state index contributed by atoms with van der Waals surface area (Å²) in [6.45, 7) is 5.00. The maximum atomic E-state index is 12.7. The molecule has 156 valence electrons. The van der Waals surface area contributed by atoms with Crippen LogP contribution in [0, 0.1) is 12.8 Å². The van der Waals surface area contributed by atoms with Crippen LogP contribution in [0.1, 0.15) is 22.3 Å². The molecule has 0 saturated carbocycles. The lowest BCUT2D eigenvalue weighted by Crippen LogP contribution is -2.48. The van der Waals surface area contributed by atoms with Crippen LogP contribution in [0.2, 0.25) is 0 Å². The fourth-order valence-corrected chi connectivity index (χ4v) is 4.01. The van der Waals surface area contributed by atoms with E-state index in [1.165, 1.54) is 0 Å². The maximum absolute atomic E-state index is 12.7. The highest BCUT2D eigenvalue weighted by molar-refractivity contribution is 5.99. The number of carbonyl (C=O) groups is 3. The summed E-state index contributed by atoms with van der Waals surface area (Å²) in [5.74, 6) is -1.67. The van der Waals surface area contributed by atoms with E-state index in [0.717, 1.165) is 30.0 Å². The predicted molar refractivity (Wildman–Crippen MR) is 114 cm³/mol. The quantitative estimate of drug-likeness (QED) is 0.842. The molecule has 1 atom stereocenters. The Balaban J connectivity index is 1.36. The Kier molecular flexibility index (Phi) is 5.44. The fraction of sp³-hybridized carbons (Fsp3) is 0.348. The van der Waals surface area contributed by atoms with E-state index in [2.05, 4.69) is 4.90 Å². The molecule has 0 spiro atoms. The first-order valence-electron chi connectivity index (χ1n) is 10.2. The Hall–Kier alpha value is -3.35. The van der Waals surface area contributed by atoms with Gasteiger partial charge in [0, 0.05) is 56.1 Å². The van der Waals surface area contributed by atoms with Crippen LogP contribution in [-0.4, -0.2) is 60.5 Å². The van der Waals surface area contributed by atoms with Crippen molar-refractivity contribution in [1.82, 2.24) is 4.90 Å². The van der Waals surface area contributed by atoms with Crippen molar-refractivity contribution in [3.05, 3.63) is 59.7 Å². The van der Waals surface area contributed by atoms with E-state index in [9.17, 15) is 14.4 Å². The normalized spacial score (nSPS) is 19.3. The average molecular weight is 407 g/mol. The third-order valence-corrected chi connectivity index (χ3v) is 5.87. The molecule has 1 N–H and O–H groups in total. The maximum Gasteiger partial charge on any atom is 0.308 e. The highest BCUT2D eigenvalue weighted by Gasteiger charge is 2.35. The number of benzene rings is 2. The van der Waals surface area contributed by atoms with Gasteiger partial charge in [0.2, 0.25) is 5.91 Å². The summed E-state index contributed by atoms with van der Waals surface area (Å²) in [7, 11) is 0. The molecule has 30 heavy (non-hydrogen) atoms. The van der Waals surface area contributed by atoms with Crippen molar-refractivity contribution in [2.75, 3.05) is 42.5 Å². The zero-order valence-corrected chi connectivity index (χ0v) is 17.0. The molecule has 0 unspecified atom stereocenters. The van der Waals surface area contributed by atoms with E-state index in [0.29, 0.717) is 18.7 Å². The standard InChI is InChI=1S/C23H25N3O4/c1-16-2-4-17(5-3-16)22(28)25-12-10-24(11-13-25)19-6-8-20(9-7-19)26-15-18(23(29)30)14-21(26)27/h2-9,18H,10-15H2,1H3,(H,29,30)/t18-/m1/s1. The van der Waals surface area contributed by atoms with Crippen molar-refractivity contribution in [2.24, 2.45) is 5.92 Å². The number of hydrogen-bond acceptors (Lipinski definition) is 4. The van der Waals surface area contributed by atoms with Crippen LogP contribution in [-0.2, 0) is 9.59 Å². The van der Waals surface area contributed by atoms with Gasteiger partial charge in [-0.15, -0.1) is 0 Å². The second-order valence-corrected chi connectivity index (χ2v) is 7.91. The molecule has 2 amide bonds. The minimum absolute atomic E-state index is 0.0497. The third-order valence-electron chi connectivity index (χ3n) is 5.87.